The summed E-state index contributed by atoms with van der Waals surface area (Å²) in [6.45, 7) is 9.39. The number of carbonyl (C=O) groups is 1. The number of carbonyl (C=O) groups excluding carboxylic acids is 1. The van der Waals surface area contributed by atoms with E-state index in [1.807, 2.05) is 18.2 Å². The molecule has 1 fully saturated rings. The molecule has 2 N–H and O–H groups in total. The quantitative estimate of drug-likeness (QED) is 0.260. The van der Waals surface area contributed by atoms with Crippen LogP contribution >= 0.6 is 48.0 Å². The standard InChI is InChI=1S/C28H33Cl2N3O2.2ClH/c1-4-33(5-2)16-18-6-9-21(10-7-18)32-27-22-12-19(20-13-24(29)28(35)25(30)14-20)8-11-26(22)31-15-23(27)17(3)34;;/h8,11-15,18,21,35H,4-7,9-10,16H2,1-3H3,(H,31,32);2*1H. The predicted molar refractivity (Wildman–Crippen MR) is 161 cm³/mol. The highest BCUT2D eigenvalue weighted by atomic mass is 35.5. The largest absolute Gasteiger partial charge is 0.505 e. The summed E-state index contributed by atoms with van der Waals surface area (Å²) in [5.74, 6) is 0.584. The van der Waals surface area contributed by atoms with Crippen molar-refractivity contribution in [3.05, 3.63) is 52.1 Å². The van der Waals surface area contributed by atoms with Gasteiger partial charge in [0, 0.05) is 24.2 Å². The van der Waals surface area contributed by atoms with Crippen LogP contribution in [0.2, 0.25) is 10.0 Å². The molecule has 3 aromatic rings. The van der Waals surface area contributed by atoms with E-state index in [0.717, 1.165) is 66.1 Å². The first kappa shape index (κ1) is 31.5. The van der Waals surface area contributed by atoms with E-state index in [-0.39, 0.29) is 46.4 Å². The first-order valence-corrected chi connectivity index (χ1v) is 13.2. The number of hydrogen-bond acceptors (Lipinski definition) is 5. The van der Waals surface area contributed by atoms with Crippen molar-refractivity contribution in [2.24, 2.45) is 5.92 Å². The van der Waals surface area contributed by atoms with Crippen LogP contribution in [0.1, 0.15) is 56.8 Å². The van der Waals surface area contributed by atoms with Crippen molar-refractivity contribution in [1.82, 2.24) is 9.88 Å². The molecule has 1 heterocycles. The first-order valence-electron chi connectivity index (χ1n) is 12.4. The zero-order valence-electron chi connectivity index (χ0n) is 21.4. The van der Waals surface area contributed by atoms with E-state index in [1.165, 1.54) is 12.8 Å². The molecule has 0 saturated heterocycles. The molecule has 0 spiro atoms. The maximum Gasteiger partial charge on any atom is 0.163 e. The fourth-order valence-electron chi connectivity index (χ4n) is 5.07. The molecular weight excluding hydrogens is 552 g/mol. The Morgan fingerprint density at radius 1 is 1.03 bits per heavy atom. The lowest BCUT2D eigenvalue weighted by atomic mass is 9.85. The normalized spacial score (nSPS) is 17.2. The van der Waals surface area contributed by atoms with E-state index in [9.17, 15) is 9.90 Å². The van der Waals surface area contributed by atoms with Gasteiger partial charge in [-0.25, -0.2) is 0 Å². The Morgan fingerprint density at radius 3 is 2.22 bits per heavy atom. The van der Waals surface area contributed by atoms with E-state index in [2.05, 4.69) is 29.0 Å². The molecule has 5 nitrogen and oxygen atoms in total. The van der Waals surface area contributed by atoms with Gasteiger partial charge in [0.1, 0.15) is 0 Å². The molecule has 1 saturated carbocycles. The molecule has 0 bridgehead atoms. The monoisotopic (exact) mass is 585 g/mol. The minimum absolute atomic E-state index is 0. The summed E-state index contributed by atoms with van der Waals surface area (Å²) in [5.41, 5.74) is 3.92. The summed E-state index contributed by atoms with van der Waals surface area (Å²) in [5, 5.41) is 14.9. The Hall–Kier alpha value is -1.76. The SMILES string of the molecule is CCN(CC)CC1CCC(Nc2c(C(C)=O)cnc3ccc(-c4cc(Cl)c(O)c(Cl)c4)cc23)CC1.Cl.Cl. The van der Waals surface area contributed by atoms with Crippen LogP contribution in [0.25, 0.3) is 22.0 Å². The van der Waals surface area contributed by atoms with Crippen LogP contribution in [-0.4, -0.2) is 46.4 Å². The second kappa shape index (κ2) is 13.9. The first-order chi connectivity index (χ1) is 16.8. The lowest BCUT2D eigenvalue weighted by Crippen LogP contribution is -2.34. The second-order valence-corrected chi connectivity index (χ2v) is 10.3. The molecule has 0 atom stereocenters. The molecule has 0 aliphatic heterocycles. The average Bonchev–Trinajstić information content (AvgIpc) is 2.86. The molecule has 4 rings (SSSR count). The number of phenols is 1. The van der Waals surface area contributed by atoms with E-state index in [4.69, 9.17) is 23.2 Å². The lowest BCUT2D eigenvalue weighted by molar-refractivity contribution is 0.101. The van der Waals surface area contributed by atoms with Crippen molar-refractivity contribution >= 4 is 70.4 Å². The number of nitrogens with zero attached hydrogens (tertiary/aromatic N) is 2. The van der Waals surface area contributed by atoms with Crippen molar-refractivity contribution in [2.45, 2.75) is 52.5 Å². The predicted octanol–water partition coefficient (Wildman–Crippen LogP) is 8.27. The average molecular weight is 587 g/mol. The number of phenolic OH excluding ortho intramolecular Hbond substituents is 1. The fourth-order valence-corrected chi connectivity index (χ4v) is 5.55. The maximum atomic E-state index is 12.5. The lowest BCUT2D eigenvalue weighted by Gasteiger charge is -2.33. The molecular formula is C28H35Cl4N3O2. The highest BCUT2D eigenvalue weighted by molar-refractivity contribution is 6.37. The number of aromatic hydroxyl groups is 1. The summed E-state index contributed by atoms with van der Waals surface area (Å²) < 4.78 is 0. The van der Waals surface area contributed by atoms with E-state index in [1.54, 1.807) is 25.3 Å². The van der Waals surface area contributed by atoms with Gasteiger partial charge in [-0.2, -0.15) is 0 Å². The van der Waals surface area contributed by atoms with Gasteiger partial charge in [0.25, 0.3) is 0 Å². The number of Topliss-reactive ketones (excluding diaryl/α,β-unsaturated/α-hetero) is 1. The molecule has 2 aromatic carbocycles. The molecule has 0 radical (unpaired) electrons. The molecule has 0 amide bonds. The van der Waals surface area contributed by atoms with Crippen molar-refractivity contribution in [3.8, 4) is 16.9 Å². The van der Waals surface area contributed by atoms with E-state index < -0.39 is 0 Å². The number of pyridine rings is 1. The molecule has 1 aliphatic rings. The highest BCUT2D eigenvalue weighted by Gasteiger charge is 2.24. The summed E-state index contributed by atoms with van der Waals surface area (Å²) in [7, 11) is 0. The van der Waals surface area contributed by atoms with Crippen LogP contribution in [0.5, 0.6) is 5.75 Å². The third-order valence-corrected chi connectivity index (χ3v) is 7.78. The molecule has 0 unspecified atom stereocenters. The minimum Gasteiger partial charge on any atom is -0.505 e. The second-order valence-electron chi connectivity index (χ2n) is 9.47. The van der Waals surface area contributed by atoms with Crippen molar-refractivity contribution in [2.75, 3.05) is 25.0 Å². The van der Waals surface area contributed by atoms with Gasteiger partial charge in [0.05, 0.1) is 26.8 Å². The van der Waals surface area contributed by atoms with Crippen LogP contribution in [-0.2, 0) is 0 Å². The molecule has 37 heavy (non-hydrogen) atoms. The fraction of sp³-hybridized carbons (Fsp3) is 0.429. The third kappa shape index (κ3) is 7.21. The number of anilines is 1. The van der Waals surface area contributed by atoms with Gasteiger partial charge < -0.3 is 15.3 Å². The topological polar surface area (TPSA) is 65.5 Å². The summed E-state index contributed by atoms with van der Waals surface area (Å²) in [4.78, 5) is 19.6. The number of rotatable bonds is 8. The van der Waals surface area contributed by atoms with Crippen LogP contribution in [0, 0.1) is 5.92 Å². The Bertz CT molecular complexity index is 1200. The summed E-state index contributed by atoms with van der Waals surface area (Å²) >= 11 is 12.3. The van der Waals surface area contributed by atoms with Gasteiger partial charge in [-0.3, -0.25) is 9.78 Å². The van der Waals surface area contributed by atoms with Gasteiger partial charge in [-0.15, -0.1) is 24.8 Å². The van der Waals surface area contributed by atoms with E-state index in [0.29, 0.717) is 11.6 Å². The Labute approximate surface area is 241 Å². The van der Waals surface area contributed by atoms with Crippen LogP contribution in [0.3, 0.4) is 0 Å². The summed E-state index contributed by atoms with van der Waals surface area (Å²) in [6, 6.07) is 9.60. The zero-order chi connectivity index (χ0) is 25.1. The van der Waals surface area contributed by atoms with E-state index >= 15 is 0 Å². The number of nitrogens with one attached hydrogen (secondary N) is 1. The smallest absolute Gasteiger partial charge is 0.163 e. The number of fused-ring (bicyclic) bond motifs is 1. The number of hydrogen-bond donors (Lipinski definition) is 2. The van der Waals surface area contributed by atoms with Gasteiger partial charge >= 0.3 is 0 Å². The molecule has 9 heteroatoms. The Kier molecular flexibility index (Phi) is 11.8. The van der Waals surface area contributed by atoms with Crippen molar-refractivity contribution in [3.63, 3.8) is 0 Å². The van der Waals surface area contributed by atoms with Gasteiger partial charge in [0.2, 0.25) is 0 Å². The third-order valence-electron chi connectivity index (χ3n) is 7.20. The molecule has 1 aliphatic carbocycles. The van der Waals surface area contributed by atoms with Crippen molar-refractivity contribution in [1.29, 1.82) is 0 Å². The van der Waals surface area contributed by atoms with Gasteiger partial charge in [-0.05, 0) is 87.0 Å². The number of ketones is 1. The number of halogens is 4. The van der Waals surface area contributed by atoms with Crippen molar-refractivity contribution < 1.29 is 9.90 Å². The number of benzene rings is 2. The highest BCUT2D eigenvalue weighted by Crippen LogP contribution is 2.38. The van der Waals surface area contributed by atoms with Crippen LogP contribution in [0.15, 0.2) is 36.5 Å². The Morgan fingerprint density at radius 2 is 1.65 bits per heavy atom. The van der Waals surface area contributed by atoms with Crippen LogP contribution in [0.4, 0.5) is 5.69 Å². The summed E-state index contributed by atoms with van der Waals surface area (Å²) in [6.07, 6.45) is 6.20. The number of aromatic nitrogens is 1. The van der Waals surface area contributed by atoms with Gasteiger partial charge in [-0.1, -0.05) is 43.1 Å². The van der Waals surface area contributed by atoms with Crippen LogP contribution < -0.4 is 5.32 Å². The Balaban J connectivity index is 0.00000241. The zero-order valence-corrected chi connectivity index (χ0v) is 24.5. The maximum absolute atomic E-state index is 12.5. The van der Waals surface area contributed by atoms with Gasteiger partial charge in [0.15, 0.2) is 11.5 Å². The minimum atomic E-state index is -0.127. The molecule has 202 valence electrons. The molecule has 1 aromatic heterocycles.